The number of nitrogens with one attached hydrogen (secondary N) is 1. The van der Waals surface area contributed by atoms with Crippen LogP contribution in [-0.2, 0) is 4.79 Å². The molecular formula is C16H11F2N3OS2. The third kappa shape index (κ3) is 3.95. The highest BCUT2D eigenvalue weighted by atomic mass is 32.2. The summed E-state index contributed by atoms with van der Waals surface area (Å²) >= 11 is 2.78. The largest absolute Gasteiger partial charge is 0.272 e. The van der Waals surface area contributed by atoms with E-state index in [1.165, 1.54) is 29.2 Å². The van der Waals surface area contributed by atoms with Crippen LogP contribution in [0.4, 0.5) is 8.78 Å². The molecule has 0 saturated heterocycles. The van der Waals surface area contributed by atoms with Gasteiger partial charge in [-0.1, -0.05) is 30.0 Å². The molecule has 122 valence electrons. The number of hydrazone groups is 1. The third-order valence-electron chi connectivity index (χ3n) is 2.98. The number of hydrogen-bond donors (Lipinski definition) is 1. The SMILES string of the molecule is O=C(CSc1nc2ccccc2s1)N/N=C/c1c(F)cccc1F. The summed E-state index contributed by atoms with van der Waals surface area (Å²) in [5.74, 6) is -1.75. The first kappa shape index (κ1) is 16.5. The second kappa shape index (κ2) is 7.50. The molecule has 0 fully saturated rings. The summed E-state index contributed by atoms with van der Waals surface area (Å²) in [5, 5.41) is 3.58. The molecule has 0 radical (unpaired) electrons. The Hall–Kier alpha value is -2.32. The molecule has 0 saturated carbocycles. The Balaban J connectivity index is 1.55. The van der Waals surface area contributed by atoms with E-state index in [0.717, 1.165) is 32.9 Å². The molecule has 1 N–H and O–H groups in total. The molecule has 0 aliphatic carbocycles. The van der Waals surface area contributed by atoms with Crippen LogP contribution >= 0.6 is 23.1 Å². The van der Waals surface area contributed by atoms with Crippen molar-refractivity contribution >= 4 is 45.4 Å². The predicted molar refractivity (Wildman–Crippen MR) is 92.4 cm³/mol. The van der Waals surface area contributed by atoms with Gasteiger partial charge in [-0.15, -0.1) is 11.3 Å². The fourth-order valence-corrected chi connectivity index (χ4v) is 3.74. The van der Waals surface area contributed by atoms with Gasteiger partial charge >= 0.3 is 0 Å². The van der Waals surface area contributed by atoms with Crippen molar-refractivity contribution in [1.82, 2.24) is 10.4 Å². The van der Waals surface area contributed by atoms with Crippen molar-refractivity contribution < 1.29 is 13.6 Å². The fraction of sp³-hybridized carbons (Fsp3) is 0.0625. The Morgan fingerprint density at radius 1 is 1.21 bits per heavy atom. The topological polar surface area (TPSA) is 54.4 Å². The zero-order chi connectivity index (χ0) is 16.9. The van der Waals surface area contributed by atoms with Crippen molar-refractivity contribution in [3.8, 4) is 0 Å². The highest BCUT2D eigenvalue weighted by Crippen LogP contribution is 2.28. The maximum absolute atomic E-state index is 13.4. The van der Waals surface area contributed by atoms with Crippen LogP contribution in [0.2, 0.25) is 0 Å². The molecule has 0 aliphatic rings. The molecule has 0 atom stereocenters. The van der Waals surface area contributed by atoms with Crippen LogP contribution in [0.25, 0.3) is 10.2 Å². The van der Waals surface area contributed by atoms with Crippen LogP contribution in [0, 0.1) is 11.6 Å². The summed E-state index contributed by atoms with van der Waals surface area (Å²) in [5.41, 5.74) is 2.84. The third-order valence-corrected chi connectivity index (χ3v) is 5.16. The number of rotatable bonds is 5. The molecule has 24 heavy (non-hydrogen) atoms. The summed E-state index contributed by atoms with van der Waals surface area (Å²) in [6, 6.07) is 11.2. The zero-order valence-corrected chi connectivity index (χ0v) is 13.8. The normalized spacial score (nSPS) is 11.2. The van der Waals surface area contributed by atoms with E-state index in [0.29, 0.717) is 0 Å². The van der Waals surface area contributed by atoms with Crippen LogP contribution in [0.5, 0.6) is 0 Å². The number of nitrogens with zero attached hydrogens (tertiary/aromatic N) is 2. The summed E-state index contributed by atoms with van der Waals surface area (Å²) in [4.78, 5) is 16.1. The number of amides is 1. The monoisotopic (exact) mass is 363 g/mol. The number of fused-ring (bicyclic) bond motifs is 1. The minimum atomic E-state index is -0.739. The molecule has 0 aliphatic heterocycles. The highest BCUT2D eigenvalue weighted by molar-refractivity contribution is 8.01. The second-order valence-corrected chi connectivity index (χ2v) is 6.92. The van der Waals surface area contributed by atoms with E-state index in [4.69, 9.17) is 0 Å². The molecule has 2 aromatic carbocycles. The van der Waals surface area contributed by atoms with E-state index >= 15 is 0 Å². The van der Waals surface area contributed by atoms with E-state index in [-0.39, 0.29) is 17.2 Å². The van der Waals surface area contributed by atoms with Gasteiger partial charge in [0.25, 0.3) is 5.91 Å². The second-order valence-electron chi connectivity index (χ2n) is 4.66. The number of thioether (sulfide) groups is 1. The van der Waals surface area contributed by atoms with Gasteiger partial charge in [-0.3, -0.25) is 4.79 Å². The van der Waals surface area contributed by atoms with Gasteiger partial charge in [-0.2, -0.15) is 5.10 Å². The number of para-hydroxylation sites is 1. The van der Waals surface area contributed by atoms with Crippen molar-refractivity contribution in [1.29, 1.82) is 0 Å². The average Bonchev–Trinajstić information content (AvgIpc) is 2.98. The van der Waals surface area contributed by atoms with Gasteiger partial charge in [0.15, 0.2) is 4.34 Å². The number of carbonyl (C=O) groups excluding carboxylic acids is 1. The molecule has 3 rings (SSSR count). The van der Waals surface area contributed by atoms with E-state index in [9.17, 15) is 13.6 Å². The van der Waals surface area contributed by atoms with Crippen molar-refractivity contribution in [3.05, 3.63) is 59.7 Å². The van der Waals surface area contributed by atoms with Gasteiger partial charge in [-0.05, 0) is 24.3 Å². The Labute approximate surface area is 144 Å². The number of halogens is 2. The molecular weight excluding hydrogens is 352 g/mol. The van der Waals surface area contributed by atoms with E-state index in [1.807, 2.05) is 24.3 Å². The number of hydrogen-bond acceptors (Lipinski definition) is 5. The number of carbonyl (C=O) groups is 1. The summed E-state index contributed by atoms with van der Waals surface area (Å²) < 4.78 is 28.6. The van der Waals surface area contributed by atoms with Crippen LogP contribution in [0.1, 0.15) is 5.56 Å². The Morgan fingerprint density at radius 3 is 2.71 bits per heavy atom. The molecule has 4 nitrogen and oxygen atoms in total. The lowest BCUT2D eigenvalue weighted by Gasteiger charge is -1.99. The standard InChI is InChI=1S/C16H11F2N3OS2/c17-11-4-3-5-12(18)10(11)8-19-21-15(22)9-23-16-20-13-6-1-2-7-14(13)24-16/h1-8H,9H2,(H,21,22)/b19-8+. The first-order chi connectivity index (χ1) is 11.6. The molecule has 1 heterocycles. The lowest BCUT2D eigenvalue weighted by atomic mass is 10.2. The first-order valence-electron chi connectivity index (χ1n) is 6.88. The van der Waals surface area contributed by atoms with Gasteiger partial charge in [0, 0.05) is 0 Å². The maximum atomic E-state index is 13.4. The average molecular weight is 363 g/mol. The molecule has 0 spiro atoms. The Bertz CT molecular complexity index is 858. The van der Waals surface area contributed by atoms with Crippen molar-refractivity contribution in [2.75, 3.05) is 5.75 Å². The van der Waals surface area contributed by atoms with E-state index in [2.05, 4.69) is 15.5 Å². The first-order valence-corrected chi connectivity index (χ1v) is 8.68. The zero-order valence-electron chi connectivity index (χ0n) is 12.2. The predicted octanol–water partition coefficient (Wildman–Crippen LogP) is 3.82. The maximum Gasteiger partial charge on any atom is 0.250 e. The quantitative estimate of drug-likeness (QED) is 0.426. The smallest absolute Gasteiger partial charge is 0.250 e. The Morgan fingerprint density at radius 2 is 1.96 bits per heavy atom. The summed E-state index contributed by atoms with van der Waals surface area (Å²) in [6.07, 6.45) is 0.949. The number of thiazole rings is 1. The minimum absolute atomic E-state index is 0.108. The molecule has 1 amide bonds. The van der Waals surface area contributed by atoms with E-state index < -0.39 is 11.6 Å². The highest BCUT2D eigenvalue weighted by Gasteiger charge is 2.08. The van der Waals surface area contributed by atoms with Gasteiger partial charge < -0.3 is 0 Å². The van der Waals surface area contributed by atoms with Crippen LogP contribution in [0.3, 0.4) is 0 Å². The van der Waals surface area contributed by atoms with Gasteiger partial charge in [0.1, 0.15) is 11.6 Å². The number of aromatic nitrogens is 1. The van der Waals surface area contributed by atoms with Crippen LogP contribution in [0.15, 0.2) is 51.9 Å². The Kier molecular flexibility index (Phi) is 5.17. The molecule has 0 unspecified atom stereocenters. The van der Waals surface area contributed by atoms with Gasteiger partial charge in [0.2, 0.25) is 0 Å². The fourth-order valence-electron chi connectivity index (χ4n) is 1.88. The lowest BCUT2D eigenvalue weighted by molar-refractivity contribution is -0.118. The summed E-state index contributed by atoms with van der Waals surface area (Å²) in [6.45, 7) is 0. The molecule has 8 heteroatoms. The van der Waals surface area contributed by atoms with Crippen molar-refractivity contribution in [3.63, 3.8) is 0 Å². The van der Waals surface area contributed by atoms with Crippen molar-refractivity contribution in [2.24, 2.45) is 5.10 Å². The van der Waals surface area contributed by atoms with Crippen molar-refractivity contribution in [2.45, 2.75) is 4.34 Å². The van der Waals surface area contributed by atoms with E-state index in [1.54, 1.807) is 0 Å². The van der Waals surface area contributed by atoms with Crippen LogP contribution in [-0.4, -0.2) is 22.9 Å². The molecule has 1 aromatic heterocycles. The van der Waals surface area contributed by atoms with Gasteiger partial charge in [0.05, 0.1) is 27.7 Å². The van der Waals surface area contributed by atoms with Crippen LogP contribution < -0.4 is 5.43 Å². The lowest BCUT2D eigenvalue weighted by Crippen LogP contribution is -2.19. The number of benzene rings is 2. The minimum Gasteiger partial charge on any atom is -0.272 e. The molecule has 3 aromatic rings. The molecule has 0 bridgehead atoms. The van der Waals surface area contributed by atoms with Gasteiger partial charge in [-0.25, -0.2) is 19.2 Å². The summed E-state index contributed by atoms with van der Waals surface area (Å²) in [7, 11) is 0.